The molecule has 0 unspecified atom stereocenters. The summed E-state index contributed by atoms with van der Waals surface area (Å²) in [7, 11) is 0. The number of carbonyl (C=O) groups excluding carboxylic acids is 1. The monoisotopic (exact) mass is 257 g/mol. The molecule has 2 N–H and O–H groups in total. The standard InChI is InChI=1S/C16H19NO2/c1-12-11-14(15(19)17-16(2)8-9-16)7-6-13(12)5-3-4-10-18/h6-7,11,18H,4,8-10H2,1-2H3,(H,17,19). The van der Waals surface area contributed by atoms with Gasteiger partial charge in [0.25, 0.3) is 5.91 Å². The van der Waals surface area contributed by atoms with E-state index < -0.39 is 0 Å². The van der Waals surface area contributed by atoms with Gasteiger partial charge in [0.15, 0.2) is 0 Å². The topological polar surface area (TPSA) is 49.3 Å². The van der Waals surface area contributed by atoms with Gasteiger partial charge in [-0.3, -0.25) is 4.79 Å². The number of aliphatic hydroxyl groups excluding tert-OH is 1. The molecule has 19 heavy (non-hydrogen) atoms. The molecule has 1 fully saturated rings. The Hall–Kier alpha value is -1.79. The average molecular weight is 257 g/mol. The third-order valence-corrected chi connectivity index (χ3v) is 3.36. The van der Waals surface area contributed by atoms with Gasteiger partial charge in [-0.2, -0.15) is 0 Å². The molecule has 0 aliphatic heterocycles. The van der Waals surface area contributed by atoms with Gasteiger partial charge in [-0.25, -0.2) is 0 Å². The zero-order chi connectivity index (χ0) is 13.9. The lowest BCUT2D eigenvalue weighted by molar-refractivity contribution is 0.0935. The summed E-state index contributed by atoms with van der Waals surface area (Å²) in [6.07, 6.45) is 2.59. The zero-order valence-corrected chi connectivity index (χ0v) is 11.4. The summed E-state index contributed by atoms with van der Waals surface area (Å²) >= 11 is 0. The highest BCUT2D eigenvalue weighted by Gasteiger charge is 2.38. The van der Waals surface area contributed by atoms with E-state index in [4.69, 9.17) is 5.11 Å². The van der Waals surface area contributed by atoms with Crippen LogP contribution in [0.4, 0.5) is 0 Å². The normalized spacial score (nSPS) is 15.3. The molecule has 1 aliphatic rings. The van der Waals surface area contributed by atoms with Gasteiger partial charge in [0.05, 0.1) is 6.61 Å². The number of carbonyl (C=O) groups is 1. The van der Waals surface area contributed by atoms with Gasteiger partial charge in [0, 0.05) is 23.1 Å². The molecule has 0 heterocycles. The number of hydrogen-bond donors (Lipinski definition) is 2. The molecule has 1 aromatic carbocycles. The predicted molar refractivity (Wildman–Crippen MR) is 74.9 cm³/mol. The van der Waals surface area contributed by atoms with Crippen LogP contribution in [0, 0.1) is 18.8 Å². The fraction of sp³-hybridized carbons (Fsp3) is 0.438. The summed E-state index contributed by atoms with van der Waals surface area (Å²) in [4.78, 5) is 12.0. The highest BCUT2D eigenvalue weighted by molar-refractivity contribution is 5.95. The minimum Gasteiger partial charge on any atom is -0.395 e. The van der Waals surface area contributed by atoms with Crippen LogP contribution in [0.25, 0.3) is 0 Å². The predicted octanol–water partition coefficient (Wildman–Crippen LogP) is 2.01. The van der Waals surface area contributed by atoms with Crippen LogP contribution < -0.4 is 5.32 Å². The molecule has 0 saturated heterocycles. The Balaban J connectivity index is 2.10. The Bertz CT molecular complexity index is 548. The van der Waals surface area contributed by atoms with Gasteiger partial charge in [0.1, 0.15) is 0 Å². The van der Waals surface area contributed by atoms with Gasteiger partial charge in [0.2, 0.25) is 0 Å². The Kier molecular flexibility index (Phi) is 3.92. The molecule has 3 nitrogen and oxygen atoms in total. The van der Waals surface area contributed by atoms with Crippen LogP contribution in [-0.2, 0) is 0 Å². The quantitative estimate of drug-likeness (QED) is 0.814. The lowest BCUT2D eigenvalue weighted by Crippen LogP contribution is -2.34. The van der Waals surface area contributed by atoms with Crippen molar-refractivity contribution in [3.63, 3.8) is 0 Å². The Morgan fingerprint density at radius 1 is 1.47 bits per heavy atom. The molecule has 1 aliphatic carbocycles. The van der Waals surface area contributed by atoms with Crippen molar-refractivity contribution in [3.05, 3.63) is 34.9 Å². The summed E-state index contributed by atoms with van der Waals surface area (Å²) in [6, 6.07) is 5.53. The fourth-order valence-corrected chi connectivity index (χ4v) is 1.82. The largest absolute Gasteiger partial charge is 0.395 e. The first kappa shape index (κ1) is 13.6. The molecule has 0 aromatic heterocycles. The number of amides is 1. The zero-order valence-electron chi connectivity index (χ0n) is 11.4. The number of aryl methyl sites for hydroxylation is 1. The van der Waals surface area contributed by atoms with Crippen molar-refractivity contribution in [1.82, 2.24) is 5.32 Å². The highest BCUT2D eigenvalue weighted by atomic mass is 16.2. The van der Waals surface area contributed by atoms with Gasteiger partial charge in [-0.05, 0) is 50.5 Å². The summed E-state index contributed by atoms with van der Waals surface area (Å²) < 4.78 is 0. The average Bonchev–Trinajstić information content (AvgIpc) is 3.09. The second-order valence-corrected chi connectivity index (χ2v) is 5.32. The number of rotatable bonds is 3. The lowest BCUT2D eigenvalue weighted by Gasteiger charge is -2.12. The molecule has 0 bridgehead atoms. The molecular formula is C16H19NO2. The van der Waals surface area contributed by atoms with Crippen LogP contribution in [0.5, 0.6) is 0 Å². The molecule has 2 rings (SSSR count). The van der Waals surface area contributed by atoms with Gasteiger partial charge >= 0.3 is 0 Å². The molecule has 0 spiro atoms. The van der Waals surface area contributed by atoms with Crippen molar-refractivity contribution >= 4 is 5.91 Å². The van der Waals surface area contributed by atoms with Crippen LogP contribution in [0.15, 0.2) is 18.2 Å². The third-order valence-electron chi connectivity index (χ3n) is 3.36. The maximum atomic E-state index is 12.0. The SMILES string of the molecule is Cc1cc(C(=O)NC2(C)CC2)ccc1C#CCCO. The van der Waals surface area contributed by atoms with Crippen LogP contribution in [0.3, 0.4) is 0 Å². The minimum absolute atomic E-state index is 0.00455. The number of benzene rings is 1. The summed E-state index contributed by atoms with van der Waals surface area (Å²) in [6.45, 7) is 4.08. The van der Waals surface area contributed by atoms with Gasteiger partial charge in [-0.1, -0.05) is 11.8 Å². The number of nitrogens with one attached hydrogen (secondary N) is 1. The van der Waals surface area contributed by atoms with E-state index in [9.17, 15) is 4.79 Å². The molecule has 0 atom stereocenters. The molecular weight excluding hydrogens is 238 g/mol. The second-order valence-electron chi connectivity index (χ2n) is 5.32. The Labute approximate surface area is 114 Å². The van der Waals surface area contributed by atoms with Crippen LogP contribution in [0.2, 0.25) is 0 Å². The fourth-order valence-electron chi connectivity index (χ4n) is 1.82. The molecule has 1 amide bonds. The molecule has 1 aromatic rings. The van der Waals surface area contributed by atoms with E-state index in [1.807, 2.05) is 19.1 Å². The highest BCUT2D eigenvalue weighted by Crippen LogP contribution is 2.34. The van der Waals surface area contributed by atoms with Crippen LogP contribution in [-0.4, -0.2) is 23.2 Å². The summed E-state index contributed by atoms with van der Waals surface area (Å²) in [5, 5.41) is 11.7. The van der Waals surface area contributed by atoms with E-state index in [-0.39, 0.29) is 18.1 Å². The first-order chi connectivity index (χ1) is 9.04. The maximum Gasteiger partial charge on any atom is 0.251 e. The molecule has 0 radical (unpaired) electrons. The first-order valence-corrected chi connectivity index (χ1v) is 6.57. The van der Waals surface area contributed by atoms with Crippen molar-refractivity contribution < 1.29 is 9.90 Å². The van der Waals surface area contributed by atoms with E-state index in [0.29, 0.717) is 12.0 Å². The van der Waals surface area contributed by atoms with Gasteiger partial charge in [-0.15, -0.1) is 0 Å². The Morgan fingerprint density at radius 3 is 2.79 bits per heavy atom. The van der Waals surface area contributed by atoms with Crippen molar-refractivity contribution in [2.75, 3.05) is 6.61 Å². The van der Waals surface area contributed by atoms with Crippen molar-refractivity contribution in [2.45, 2.75) is 38.6 Å². The third kappa shape index (κ3) is 3.59. The van der Waals surface area contributed by atoms with Gasteiger partial charge < -0.3 is 10.4 Å². The molecule has 3 heteroatoms. The minimum atomic E-state index is -0.0158. The molecule has 1 saturated carbocycles. The van der Waals surface area contributed by atoms with Crippen molar-refractivity contribution in [2.24, 2.45) is 0 Å². The van der Waals surface area contributed by atoms with E-state index in [1.165, 1.54) is 0 Å². The van der Waals surface area contributed by atoms with E-state index in [2.05, 4.69) is 24.1 Å². The van der Waals surface area contributed by atoms with Crippen LogP contribution in [0.1, 0.15) is 47.7 Å². The van der Waals surface area contributed by atoms with E-state index >= 15 is 0 Å². The van der Waals surface area contributed by atoms with E-state index in [0.717, 1.165) is 24.0 Å². The smallest absolute Gasteiger partial charge is 0.251 e. The molecule has 100 valence electrons. The number of hydrogen-bond acceptors (Lipinski definition) is 2. The van der Waals surface area contributed by atoms with Crippen molar-refractivity contribution in [3.8, 4) is 11.8 Å². The van der Waals surface area contributed by atoms with Crippen molar-refractivity contribution in [1.29, 1.82) is 0 Å². The van der Waals surface area contributed by atoms with E-state index in [1.54, 1.807) is 6.07 Å². The van der Waals surface area contributed by atoms with Crippen LogP contribution >= 0.6 is 0 Å². The lowest BCUT2D eigenvalue weighted by atomic mass is 10.0. The maximum absolute atomic E-state index is 12.0. The first-order valence-electron chi connectivity index (χ1n) is 6.57. The number of aliphatic hydroxyl groups is 1. The summed E-state index contributed by atoms with van der Waals surface area (Å²) in [5.41, 5.74) is 2.57. The summed E-state index contributed by atoms with van der Waals surface area (Å²) in [5.74, 6) is 5.87. The Morgan fingerprint density at radius 2 is 2.21 bits per heavy atom. The second kappa shape index (κ2) is 5.46.